The first-order chi connectivity index (χ1) is 31.4. The van der Waals surface area contributed by atoms with Gasteiger partial charge in [0.15, 0.2) is 6.29 Å². The molecule has 64 heavy (non-hydrogen) atoms. The lowest BCUT2D eigenvalue weighted by molar-refractivity contribution is -0.305. The Kier molecular flexibility index (Phi) is 41.0. The van der Waals surface area contributed by atoms with Crippen LogP contribution in [0, 0.1) is 0 Å². The van der Waals surface area contributed by atoms with E-state index < -0.39 is 43.4 Å². The molecule has 6 unspecified atom stereocenters. The predicted octanol–water partition coefficient (Wildman–Crippen LogP) is 11.9. The van der Waals surface area contributed by atoms with E-state index in [4.69, 9.17) is 18.9 Å². The van der Waals surface area contributed by atoms with Crippen molar-refractivity contribution >= 4 is 5.97 Å². The quantitative estimate of drug-likeness (QED) is 0.0269. The maximum atomic E-state index is 12.8. The van der Waals surface area contributed by atoms with Crippen molar-refractivity contribution in [3.63, 3.8) is 0 Å². The van der Waals surface area contributed by atoms with Gasteiger partial charge in [-0.3, -0.25) is 4.79 Å². The van der Waals surface area contributed by atoms with Gasteiger partial charge in [0.25, 0.3) is 0 Å². The van der Waals surface area contributed by atoms with Crippen LogP contribution in [0.1, 0.15) is 155 Å². The second kappa shape index (κ2) is 44.8. The number of rotatable bonds is 40. The van der Waals surface area contributed by atoms with Crippen LogP contribution >= 0.6 is 0 Å². The monoisotopic (exact) mass is 893 g/mol. The molecule has 0 aromatic heterocycles. The normalized spacial score (nSPS) is 20.6. The highest BCUT2D eigenvalue weighted by molar-refractivity contribution is 5.69. The van der Waals surface area contributed by atoms with E-state index in [-0.39, 0.29) is 25.6 Å². The number of carbonyl (C=O) groups excluding carboxylic acids is 1. The zero-order valence-corrected chi connectivity index (χ0v) is 39.7. The summed E-state index contributed by atoms with van der Waals surface area (Å²) in [4.78, 5) is 12.8. The molecule has 1 aliphatic heterocycles. The summed E-state index contributed by atoms with van der Waals surface area (Å²) in [5.41, 5.74) is 0. The van der Waals surface area contributed by atoms with Crippen LogP contribution in [0.15, 0.2) is 122 Å². The highest BCUT2D eigenvalue weighted by Gasteiger charge is 2.44. The number of hydrogen-bond donors (Lipinski definition) is 4. The van der Waals surface area contributed by atoms with E-state index in [1.54, 1.807) is 0 Å². The number of allylic oxidation sites excluding steroid dienone is 20. The van der Waals surface area contributed by atoms with Crippen molar-refractivity contribution < 1.29 is 44.2 Å². The summed E-state index contributed by atoms with van der Waals surface area (Å²) in [5, 5.41) is 40.2. The molecule has 1 saturated heterocycles. The van der Waals surface area contributed by atoms with Gasteiger partial charge >= 0.3 is 5.97 Å². The van der Waals surface area contributed by atoms with Crippen molar-refractivity contribution in [1.29, 1.82) is 0 Å². The fourth-order valence-corrected chi connectivity index (χ4v) is 6.61. The maximum Gasteiger partial charge on any atom is 0.306 e. The van der Waals surface area contributed by atoms with Gasteiger partial charge in [0.2, 0.25) is 0 Å². The Bertz CT molecular complexity index is 1390. The molecule has 4 N–H and O–H groups in total. The fourth-order valence-electron chi connectivity index (χ4n) is 6.61. The first-order valence-corrected chi connectivity index (χ1v) is 24.6. The number of esters is 1. The van der Waals surface area contributed by atoms with Crippen molar-refractivity contribution in [2.75, 3.05) is 26.4 Å². The molecule has 0 saturated carbocycles. The smallest absolute Gasteiger partial charge is 0.306 e. The van der Waals surface area contributed by atoms with E-state index in [0.717, 1.165) is 96.3 Å². The molecule has 1 aliphatic rings. The SMILES string of the molecule is CC/C=C\C/C=C\C/C=C\C/C=C\C/C=C\CCCCCCCCCCOCC(COC1OC(CO)C(O)C(O)C1O)OC(=O)CCC/C=C\C/C=C\C/C=C\C/C=C\C/C=C\CC. The number of ether oxygens (including phenoxy) is 4. The zero-order valence-electron chi connectivity index (χ0n) is 39.7. The van der Waals surface area contributed by atoms with Gasteiger partial charge in [0, 0.05) is 13.0 Å². The molecule has 9 heteroatoms. The molecule has 1 heterocycles. The third-order valence-electron chi connectivity index (χ3n) is 10.4. The molecule has 1 rings (SSSR count). The topological polar surface area (TPSA) is 135 Å². The van der Waals surface area contributed by atoms with Gasteiger partial charge in [0.1, 0.15) is 30.5 Å². The van der Waals surface area contributed by atoms with Crippen LogP contribution in [0.25, 0.3) is 0 Å². The third-order valence-corrected chi connectivity index (χ3v) is 10.4. The van der Waals surface area contributed by atoms with Gasteiger partial charge in [-0.05, 0) is 96.3 Å². The average molecular weight is 893 g/mol. The number of carbonyl (C=O) groups is 1. The lowest BCUT2D eigenvalue weighted by Gasteiger charge is -2.39. The highest BCUT2D eigenvalue weighted by atomic mass is 16.7. The molecule has 1 fully saturated rings. The van der Waals surface area contributed by atoms with Crippen LogP contribution in [-0.2, 0) is 23.7 Å². The lowest BCUT2D eigenvalue weighted by atomic mass is 9.99. The number of hydrogen-bond acceptors (Lipinski definition) is 9. The van der Waals surface area contributed by atoms with Crippen molar-refractivity contribution in [3.8, 4) is 0 Å². The summed E-state index contributed by atoms with van der Waals surface area (Å²) in [6, 6.07) is 0. The Morgan fingerprint density at radius 2 is 0.906 bits per heavy atom. The van der Waals surface area contributed by atoms with Crippen molar-refractivity contribution in [2.45, 2.75) is 192 Å². The molecule has 0 aromatic rings. The Hall–Kier alpha value is -3.41. The van der Waals surface area contributed by atoms with Crippen molar-refractivity contribution in [1.82, 2.24) is 0 Å². The number of aliphatic hydroxyl groups excluding tert-OH is 4. The Morgan fingerprint density at radius 1 is 0.500 bits per heavy atom. The van der Waals surface area contributed by atoms with Crippen molar-refractivity contribution in [2.24, 2.45) is 0 Å². The van der Waals surface area contributed by atoms with E-state index in [1.807, 2.05) is 0 Å². The van der Waals surface area contributed by atoms with E-state index in [0.29, 0.717) is 13.0 Å². The minimum absolute atomic E-state index is 0.107. The van der Waals surface area contributed by atoms with Crippen molar-refractivity contribution in [3.05, 3.63) is 122 Å². The highest BCUT2D eigenvalue weighted by Crippen LogP contribution is 2.22. The molecule has 362 valence electrons. The fraction of sp³-hybridized carbons (Fsp3) is 0.618. The third kappa shape index (κ3) is 34.9. The van der Waals surface area contributed by atoms with E-state index in [9.17, 15) is 25.2 Å². The second-order valence-electron chi connectivity index (χ2n) is 16.1. The largest absolute Gasteiger partial charge is 0.457 e. The maximum absolute atomic E-state index is 12.8. The average Bonchev–Trinajstić information content (AvgIpc) is 3.30. The van der Waals surface area contributed by atoms with Gasteiger partial charge < -0.3 is 39.4 Å². The van der Waals surface area contributed by atoms with Crippen LogP contribution in [0.4, 0.5) is 0 Å². The summed E-state index contributed by atoms with van der Waals surface area (Å²) in [5.74, 6) is -0.379. The molecule has 0 spiro atoms. The molecule has 0 aliphatic carbocycles. The number of aliphatic hydroxyl groups is 4. The molecule has 0 amide bonds. The minimum Gasteiger partial charge on any atom is -0.457 e. The summed E-state index contributed by atoms with van der Waals surface area (Å²) in [6.45, 7) is 4.21. The molecular weight excluding hydrogens is 805 g/mol. The van der Waals surface area contributed by atoms with Crippen LogP contribution in [-0.4, -0.2) is 89.6 Å². The Morgan fingerprint density at radius 3 is 1.36 bits per heavy atom. The van der Waals surface area contributed by atoms with Crippen LogP contribution in [0.2, 0.25) is 0 Å². The predicted molar refractivity (Wildman–Crippen MR) is 265 cm³/mol. The van der Waals surface area contributed by atoms with Gasteiger partial charge in [-0.25, -0.2) is 0 Å². The first kappa shape index (κ1) is 58.6. The van der Waals surface area contributed by atoms with E-state index >= 15 is 0 Å². The Balaban J connectivity index is 2.27. The Labute approximate surface area is 388 Å². The van der Waals surface area contributed by atoms with Gasteiger partial charge in [-0.15, -0.1) is 0 Å². The summed E-state index contributed by atoms with van der Waals surface area (Å²) in [7, 11) is 0. The van der Waals surface area contributed by atoms with Gasteiger partial charge in [0.05, 0.1) is 19.8 Å². The van der Waals surface area contributed by atoms with Crippen LogP contribution in [0.5, 0.6) is 0 Å². The van der Waals surface area contributed by atoms with E-state index in [2.05, 4.69) is 135 Å². The molecule has 0 radical (unpaired) electrons. The van der Waals surface area contributed by atoms with E-state index in [1.165, 1.54) is 32.1 Å². The van der Waals surface area contributed by atoms with Crippen LogP contribution < -0.4 is 0 Å². The zero-order chi connectivity index (χ0) is 46.4. The number of unbranched alkanes of at least 4 members (excludes halogenated alkanes) is 9. The summed E-state index contributed by atoms with van der Waals surface area (Å²) in [6.07, 6.45) is 58.0. The summed E-state index contributed by atoms with van der Waals surface area (Å²) >= 11 is 0. The lowest BCUT2D eigenvalue weighted by Crippen LogP contribution is -2.59. The van der Waals surface area contributed by atoms with Gasteiger partial charge in [-0.2, -0.15) is 0 Å². The molecule has 9 nitrogen and oxygen atoms in total. The van der Waals surface area contributed by atoms with Gasteiger partial charge in [-0.1, -0.05) is 174 Å². The molecular formula is C55H88O9. The second-order valence-corrected chi connectivity index (χ2v) is 16.1. The molecule has 0 bridgehead atoms. The van der Waals surface area contributed by atoms with Crippen LogP contribution in [0.3, 0.4) is 0 Å². The minimum atomic E-state index is -1.56. The molecule has 6 atom stereocenters. The standard InChI is InChI=1S/C55H88O9/c1-3-5-7-9-11-13-15-17-19-21-22-23-24-25-26-27-29-31-33-35-37-39-41-43-45-61-47-49(48-62-55-54(60)53(59)52(58)50(46-56)64-55)63-51(57)44-42-40-38-36-34-32-30-28-20-18-16-14-12-10-8-6-4-2/h5-8,11-14,17-20,22-23,25-26,30,32,36,38,49-50,52-56,58-60H,3-4,9-10,15-16,21,24,27-29,31,33-35,37,39-48H2,1-2H3/b7-5-,8-6-,13-11-,14-12-,19-17-,20-18-,23-22-,26-25-,32-30-,38-36-. The summed E-state index contributed by atoms with van der Waals surface area (Å²) < 4.78 is 22.8. The first-order valence-electron chi connectivity index (χ1n) is 24.6. The molecule has 0 aromatic carbocycles.